The van der Waals surface area contributed by atoms with Gasteiger partial charge in [-0.15, -0.1) is 0 Å². The van der Waals surface area contributed by atoms with Crippen LogP contribution in [0, 0.1) is 6.92 Å². The van der Waals surface area contributed by atoms with Crippen LogP contribution in [-0.2, 0) is 0 Å². The van der Waals surface area contributed by atoms with Gasteiger partial charge in [0.1, 0.15) is 5.75 Å². The fourth-order valence-electron chi connectivity index (χ4n) is 1.55. The van der Waals surface area contributed by atoms with Crippen LogP contribution in [0.1, 0.15) is 23.7 Å². The SMILES string of the molecule is Cc1ccc2c(c1Br)C(O)CCO2. The van der Waals surface area contributed by atoms with Gasteiger partial charge >= 0.3 is 0 Å². The molecular formula is C10H11BrO2. The standard InChI is InChI=1S/C10H11BrO2/c1-6-2-3-8-9(10(6)11)7(12)4-5-13-8/h2-3,7,12H,4-5H2,1H3. The Morgan fingerprint density at radius 2 is 2.31 bits per heavy atom. The molecule has 0 saturated heterocycles. The molecule has 2 nitrogen and oxygen atoms in total. The van der Waals surface area contributed by atoms with Crippen LogP contribution in [0.5, 0.6) is 5.75 Å². The number of hydrogen-bond acceptors (Lipinski definition) is 2. The summed E-state index contributed by atoms with van der Waals surface area (Å²) < 4.78 is 6.41. The number of rotatable bonds is 0. The first-order chi connectivity index (χ1) is 6.20. The minimum absolute atomic E-state index is 0.391. The highest BCUT2D eigenvalue weighted by Gasteiger charge is 2.22. The normalized spacial score (nSPS) is 20.7. The van der Waals surface area contributed by atoms with Crippen LogP contribution in [0.3, 0.4) is 0 Å². The van der Waals surface area contributed by atoms with Crippen molar-refractivity contribution in [2.24, 2.45) is 0 Å². The molecule has 0 fully saturated rings. The summed E-state index contributed by atoms with van der Waals surface area (Å²) in [7, 11) is 0. The van der Waals surface area contributed by atoms with E-state index in [2.05, 4.69) is 15.9 Å². The molecule has 2 rings (SSSR count). The summed E-state index contributed by atoms with van der Waals surface area (Å²) in [5.74, 6) is 0.802. The Kier molecular flexibility index (Phi) is 2.30. The van der Waals surface area contributed by atoms with Crippen molar-refractivity contribution in [2.75, 3.05) is 6.61 Å². The zero-order valence-electron chi connectivity index (χ0n) is 7.38. The number of fused-ring (bicyclic) bond motifs is 1. The van der Waals surface area contributed by atoms with Gasteiger partial charge in [-0.2, -0.15) is 0 Å². The van der Waals surface area contributed by atoms with Gasteiger partial charge in [0.15, 0.2) is 0 Å². The molecule has 1 aromatic carbocycles. The van der Waals surface area contributed by atoms with E-state index in [1.165, 1.54) is 0 Å². The lowest BCUT2D eigenvalue weighted by Gasteiger charge is -2.23. The van der Waals surface area contributed by atoms with Crippen molar-refractivity contribution in [3.8, 4) is 5.75 Å². The molecule has 0 radical (unpaired) electrons. The number of halogens is 1. The lowest BCUT2D eigenvalue weighted by Crippen LogP contribution is -2.14. The fourth-order valence-corrected chi connectivity index (χ4v) is 2.14. The third kappa shape index (κ3) is 1.46. The molecule has 1 unspecified atom stereocenters. The van der Waals surface area contributed by atoms with Gasteiger partial charge in [0.2, 0.25) is 0 Å². The molecule has 3 heteroatoms. The van der Waals surface area contributed by atoms with Crippen LogP contribution in [0.4, 0.5) is 0 Å². The third-order valence-electron chi connectivity index (χ3n) is 2.31. The first-order valence-electron chi connectivity index (χ1n) is 4.30. The first-order valence-corrected chi connectivity index (χ1v) is 5.09. The van der Waals surface area contributed by atoms with Gasteiger partial charge in [0, 0.05) is 16.5 Å². The van der Waals surface area contributed by atoms with Crippen molar-refractivity contribution in [2.45, 2.75) is 19.4 Å². The summed E-state index contributed by atoms with van der Waals surface area (Å²) in [6, 6.07) is 3.90. The van der Waals surface area contributed by atoms with Gasteiger partial charge in [-0.3, -0.25) is 0 Å². The fraction of sp³-hybridized carbons (Fsp3) is 0.400. The summed E-state index contributed by atoms with van der Waals surface area (Å²) in [6.07, 6.45) is 0.285. The number of aliphatic hydroxyl groups excluding tert-OH is 1. The number of aliphatic hydroxyl groups is 1. The maximum Gasteiger partial charge on any atom is 0.126 e. The predicted molar refractivity (Wildman–Crippen MR) is 54.0 cm³/mol. The number of ether oxygens (including phenoxy) is 1. The van der Waals surface area contributed by atoms with E-state index in [9.17, 15) is 5.11 Å². The van der Waals surface area contributed by atoms with Crippen molar-refractivity contribution in [3.63, 3.8) is 0 Å². The van der Waals surface area contributed by atoms with Crippen molar-refractivity contribution in [3.05, 3.63) is 27.7 Å². The van der Waals surface area contributed by atoms with E-state index in [4.69, 9.17) is 4.74 Å². The van der Waals surface area contributed by atoms with Gasteiger partial charge in [-0.25, -0.2) is 0 Å². The Hall–Kier alpha value is -0.540. The van der Waals surface area contributed by atoms with E-state index in [0.29, 0.717) is 13.0 Å². The minimum atomic E-state index is -0.391. The molecular weight excluding hydrogens is 232 g/mol. The Morgan fingerprint density at radius 3 is 3.08 bits per heavy atom. The second-order valence-electron chi connectivity index (χ2n) is 3.26. The minimum Gasteiger partial charge on any atom is -0.493 e. The smallest absolute Gasteiger partial charge is 0.126 e. The zero-order chi connectivity index (χ0) is 9.42. The molecule has 70 valence electrons. The average molecular weight is 243 g/mol. The van der Waals surface area contributed by atoms with Crippen LogP contribution in [0.25, 0.3) is 0 Å². The lowest BCUT2D eigenvalue weighted by atomic mass is 10.0. The summed E-state index contributed by atoms with van der Waals surface area (Å²) in [6.45, 7) is 2.61. The van der Waals surface area contributed by atoms with Crippen molar-refractivity contribution >= 4 is 15.9 Å². The second-order valence-corrected chi connectivity index (χ2v) is 4.05. The Balaban J connectivity index is 2.58. The molecule has 0 aromatic heterocycles. The van der Waals surface area contributed by atoms with Crippen LogP contribution < -0.4 is 4.74 Å². The van der Waals surface area contributed by atoms with Gasteiger partial charge in [0.05, 0.1) is 12.7 Å². The number of aryl methyl sites for hydroxylation is 1. The highest BCUT2D eigenvalue weighted by Crippen LogP contribution is 2.38. The quantitative estimate of drug-likeness (QED) is 0.758. The Morgan fingerprint density at radius 1 is 1.54 bits per heavy atom. The van der Waals surface area contributed by atoms with E-state index < -0.39 is 6.10 Å². The van der Waals surface area contributed by atoms with Gasteiger partial charge in [0.25, 0.3) is 0 Å². The van der Waals surface area contributed by atoms with Gasteiger partial charge in [-0.05, 0) is 34.5 Å². The number of hydrogen-bond donors (Lipinski definition) is 1. The van der Waals surface area contributed by atoms with E-state index in [1.54, 1.807) is 0 Å². The molecule has 1 atom stereocenters. The Bertz CT molecular complexity index is 336. The average Bonchev–Trinajstić information content (AvgIpc) is 2.12. The van der Waals surface area contributed by atoms with Crippen LogP contribution in [-0.4, -0.2) is 11.7 Å². The van der Waals surface area contributed by atoms with E-state index in [0.717, 1.165) is 21.3 Å². The zero-order valence-corrected chi connectivity index (χ0v) is 8.97. The second kappa shape index (κ2) is 3.31. The molecule has 0 amide bonds. The Labute approximate surface area is 85.7 Å². The molecule has 0 spiro atoms. The topological polar surface area (TPSA) is 29.5 Å². The molecule has 1 aromatic rings. The van der Waals surface area contributed by atoms with Crippen molar-refractivity contribution in [1.82, 2.24) is 0 Å². The molecule has 1 N–H and O–H groups in total. The van der Waals surface area contributed by atoms with Crippen molar-refractivity contribution in [1.29, 1.82) is 0 Å². The molecule has 1 heterocycles. The molecule has 13 heavy (non-hydrogen) atoms. The van der Waals surface area contributed by atoms with Crippen LogP contribution >= 0.6 is 15.9 Å². The lowest BCUT2D eigenvalue weighted by molar-refractivity contribution is 0.114. The summed E-state index contributed by atoms with van der Waals surface area (Å²) in [4.78, 5) is 0. The van der Waals surface area contributed by atoms with E-state index in [1.807, 2.05) is 19.1 Å². The van der Waals surface area contributed by atoms with E-state index >= 15 is 0 Å². The molecule has 0 saturated carbocycles. The maximum atomic E-state index is 9.76. The first kappa shape index (κ1) is 9.03. The summed E-state index contributed by atoms with van der Waals surface area (Å²) in [5.41, 5.74) is 2.02. The molecule has 0 aliphatic carbocycles. The molecule has 0 bridgehead atoms. The highest BCUT2D eigenvalue weighted by molar-refractivity contribution is 9.10. The maximum absolute atomic E-state index is 9.76. The van der Waals surface area contributed by atoms with Crippen LogP contribution in [0.15, 0.2) is 16.6 Å². The monoisotopic (exact) mass is 242 g/mol. The van der Waals surface area contributed by atoms with Gasteiger partial charge < -0.3 is 9.84 Å². The van der Waals surface area contributed by atoms with Crippen molar-refractivity contribution < 1.29 is 9.84 Å². The highest BCUT2D eigenvalue weighted by atomic mass is 79.9. The largest absolute Gasteiger partial charge is 0.493 e. The number of benzene rings is 1. The summed E-state index contributed by atoms with van der Waals surface area (Å²) >= 11 is 3.47. The van der Waals surface area contributed by atoms with E-state index in [-0.39, 0.29) is 0 Å². The molecule has 1 aliphatic rings. The third-order valence-corrected chi connectivity index (χ3v) is 3.37. The van der Waals surface area contributed by atoms with Crippen LogP contribution in [0.2, 0.25) is 0 Å². The summed E-state index contributed by atoms with van der Waals surface area (Å²) in [5, 5.41) is 9.76. The molecule has 1 aliphatic heterocycles. The van der Waals surface area contributed by atoms with Gasteiger partial charge in [-0.1, -0.05) is 6.07 Å². The predicted octanol–water partition coefficient (Wildman–Crippen LogP) is 2.57.